The average molecular weight is 389 g/mol. The van der Waals surface area contributed by atoms with Crippen molar-refractivity contribution in [2.45, 2.75) is 6.92 Å². The van der Waals surface area contributed by atoms with Gasteiger partial charge in [-0.2, -0.15) is 5.10 Å². The standard InChI is InChI=1S/C22H17ClN4O/c1-15-20-13-18(25-21(28)12-9-16-7-10-17(23)11-8-16)14-24-22(20)27(26-15)19-5-3-2-4-6-19/h2-14H,1H3,(H,25,28)/b12-9+. The Balaban J connectivity index is 1.56. The summed E-state index contributed by atoms with van der Waals surface area (Å²) in [5.41, 5.74) is 4.05. The van der Waals surface area contributed by atoms with E-state index < -0.39 is 0 Å². The van der Waals surface area contributed by atoms with Gasteiger partial charge in [0.05, 0.1) is 23.3 Å². The van der Waals surface area contributed by atoms with Crippen LogP contribution in [-0.2, 0) is 4.79 Å². The summed E-state index contributed by atoms with van der Waals surface area (Å²) >= 11 is 5.87. The minimum Gasteiger partial charge on any atom is -0.321 e. The number of carbonyl (C=O) groups is 1. The monoisotopic (exact) mass is 388 g/mol. The second-order valence-electron chi connectivity index (χ2n) is 6.30. The Morgan fingerprint density at radius 1 is 1.11 bits per heavy atom. The molecular formula is C22H17ClN4O. The van der Waals surface area contributed by atoms with Gasteiger partial charge >= 0.3 is 0 Å². The van der Waals surface area contributed by atoms with Crippen molar-refractivity contribution in [1.29, 1.82) is 0 Å². The number of pyridine rings is 1. The van der Waals surface area contributed by atoms with Crippen LogP contribution >= 0.6 is 11.6 Å². The number of anilines is 1. The number of nitrogens with zero attached hydrogens (tertiary/aromatic N) is 3. The highest BCUT2D eigenvalue weighted by Gasteiger charge is 2.11. The van der Waals surface area contributed by atoms with Crippen LogP contribution < -0.4 is 5.32 Å². The molecule has 4 aromatic rings. The van der Waals surface area contributed by atoms with Gasteiger partial charge in [-0.05, 0) is 48.9 Å². The molecular weight excluding hydrogens is 372 g/mol. The van der Waals surface area contributed by atoms with Crippen molar-refractivity contribution in [3.05, 3.63) is 89.2 Å². The molecule has 0 radical (unpaired) electrons. The molecule has 4 rings (SSSR count). The van der Waals surface area contributed by atoms with E-state index in [1.54, 1.807) is 29.1 Å². The Morgan fingerprint density at radius 3 is 2.61 bits per heavy atom. The lowest BCUT2D eigenvalue weighted by molar-refractivity contribution is -0.111. The Labute approximate surface area is 167 Å². The highest BCUT2D eigenvalue weighted by molar-refractivity contribution is 6.30. The molecule has 138 valence electrons. The van der Waals surface area contributed by atoms with Gasteiger partial charge in [-0.1, -0.05) is 41.9 Å². The molecule has 0 fully saturated rings. The second-order valence-corrected chi connectivity index (χ2v) is 6.74. The number of rotatable bonds is 4. The lowest BCUT2D eigenvalue weighted by Crippen LogP contribution is -2.08. The second kappa shape index (κ2) is 7.66. The van der Waals surface area contributed by atoms with Crippen molar-refractivity contribution in [3.63, 3.8) is 0 Å². The summed E-state index contributed by atoms with van der Waals surface area (Å²) in [6, 6.07) is 19.0. The number of aromatic nitrogens is 3. The van der Waals surface area contributed by atoms with Crippen molar-refractivity contribution in [1.82, 2.24) is 14.8 Å². The quantitative estimate of drug-likeness (QED) is 0.498. The van der Waals surface area contributed by atoms with Crippen molar-refractivity contribution >= 4 is 40.3 Å². The summed E-state index contributed by atoms with van der Waals surface area (Å²) in [6.07, 6.45) is 4.85. The number of hydrogen-bond donors (Lipinski definition) is 1. The number of hydrogen-bond acceptors (Lipinski definition) is 3. The van der Waals surface area contributed by atoms with Gasteiger partial charge in [0.1, 0.15) is 0 Å². The number of amides is 1. The number of aryl methyl sites for hydroxylation is 1. The van der Waals surface area contributed by atoms with Crippen molar-refractivity contribution in [2.24, 2.45) is 0 Å². The van der Waals surface area contributed by atoms with Gasteiger partial charge in [0.15, 0.2) is 5.65 Å². The van der Waals surface area contributed by atoms with E-state index in [2.05, 4.69) is 15.4 Å². The zero-order valence-electron chi connectivity index (χ0n) is 15.1. The fraction of sp³-hybridized carbons (Fsp3) is 0.0455. The van der Waals surface area contributed by atoms with Crippen LogP contribution in [0.5, 0.6) is 0 Å². The number of nitrogens with one attached hydrogen (secondary N) is 1. The molecule has 5 nitrogen and oxygen atoms in total. The zero-order valence-corrected chi connectivity index (χ0v) is 15.9. The molecule has 1 N–H and O–H groups in total. The Kier molecular flexibility index (Phi) is 4.91. The molecule has 0 spiro atoms. The molecule has 28 heavy (non-hydrogen) atoms. The molecule has 0 atom stereocenters. The molecule has 2 aromatic carbocycles. The molecule has 0 aliphatic carbocycles. The van der Waals surface area contributed by atoms with E-state index in [4.69, 9.17) is 11.6 Å². The van der Waals surface area contributed by atoms with Crippen molar-refractivity contribution in [2.75, 3.05) is 5.32 Å². The molecule has 0 aliphatic heterocycles. The van der Waals surface area contributed by atoms with Crippen LogP contribution in [0.1, 0.15) is 11.3 Å². The molecule has 0 saturated carbocycles. The maximum atomic E-state index is 12.2. The first-order chi connectivity index (χ1) is 13.6. The SMILES string of the molecule is Cc1nn(-c2ccccc2)c2ncc(NC(=O)/C=C/c3ccc(Cl)cc3)cc12. The third-order valence-electron chi connectivity index (χ3n) is 4.27. The maximum absolute atomic E-state index is 12.2. The number of benzene rings is 2. The van der Waals surface area contributed by atoms with Gasteiger partial charge < -0.3 is 5.32 Å². The number of halogens is 1. The number of fused-ring (bicyclic) bond motifs is 1. The van der Waals surface area contributed by atoms with E-state index in [1.807, 2.05) is 55.5 Å². The summed E-state index contributed by atoms with van der Waals surface area (Å²) in [5, 5.41) is 8.97. The first-order valence-corrected chi connectivity index (χ1v) is 9.13. The van der Waals surface area contributed by atoms with E-state index in [-0.39, 0.29) is 5.91 Å². The minimum atomic E-state index is -0.232. The maximum Gasteiger partial charge on any atom is 0.248 e. The third-order valence-corrected chi connectivity index (χ3v) is 4.52. The van der Waals surface area contributed by atoms with Crippen molar-refractivity contribution < 1.29 is 4.79 Å². The predicted molar refractivity (Wildman–Crippen MR) is 113 cm³/mol. The minimum absolute atomic E-state index is 0.232. The largest absolute Gasteiger partial charge is 0.321 e. The highest BCUT2D eigenvalue weighted by atomic mass is 35.5. The number of carbonyl (C=O) groups excluding carboxylic acids is 1. The fourth-order valence-corrected chi connectivity index (χ4v) is 3.02. The summed E-state index contributed by atoms with van der Waals surface area (Å²) < 4.78 is 1.80. The molecule has 0 bridgehead atoms. The van der Waals surface area contributed by atoms with Crippen LogP contribution in [0.4, 0.5) is 5.69 Å². The van der Waals surface area contributed by atoms with E-state index in [0.717, 1.165) is 28.0 Å². The summed E-state index contributed by atoms with van der Waals surface area (Å²) in [7, 11) is 0. The Hall–Kier alpha value is -3.44. The van der Waals surface area contributed by atoms with Crippen LogP contribution in [0.15, 0.2) is 72.9 Å². The van der Waals surface area contributed by atoms with Gasteiger partial charge in [-0.25, -0.2) is 9.67 Å². The van der Waals surface area contributed by atoms with Crippen molar-refractivity contribution in [3.8, 4) is 5.69 Å². The van der Waals surface area contributed by atoms with Gasteiger partial charge in [-0.15, -0.1) is 0 Å². The van der Waals surface area contributed by atoms with Crippen LogP contribution in [0, 0.1) is 6.92 Å². The summed E-state index contributed by atoms with van der Waals surface area (Å²) in [6.45, 7) is 1.93. The smallest absolute Gasteiger partial charge is 0.248 e. The molecule has 1 amide bonds. The molecule has 2 aromatic heterocycles. The van der Waals surface area contributed by atoms with Gasteiger partial charge in [0, 0.05) is 16.5 Å². The first kappa shape index (κ1) is 17.9. The van der Waals surface area contributed by atoms with E-state index in [0.29, 0.717) is 10.7 Å². The topological polar surface area (TPSA) is 59.8 Å². The van der Waals surface area contributed by atoms with Crippen LogP contribution in [0.25, 0.3) is 22.8 Å². The van der Waals surface area contributed by atoms with E-state index >= 15 is 0 Å². The lowest BCUT2D eigenvalue weighted by atomic mass is 10.2. The van der Waals surface area contributed by atoms with Crippen LogP contribution in [0.2, 0.25) is 5.02 Å². The third kappa shape index (κ3) is 3.80. The predicted octanol–water partition coefficient (Wildman–Crippen LogP) is 5.03. The van der Waals surface area contributed by atoms with Crippen LogP contribution in [0.3, 0.4) is 0 Å². The van der Waals surface area contributed by atoms with Gasteiger partial charge in [0.25, 0.3) is 0 Å². The van der Waals surface area contributed by atoms with Gasteiger partial charge in [0.2, 0.25) is 5.91 Å². The van der Waals surface area contributed by atoms with Crippen LogP contribution in [-0.4, -0.2) is 20.7 Å². The van der Waals surface area contributed by atoms with Gasteiger partial charge in [-0.3, -0.25) is 4.79 Å². The summed E-state index contributed by atoms with van der Waals surface area (Å²) in [4.78, 5) is 16.7. The molecule has 6 heteroatoms. The fourth-order valence-electron chi connectivity index (χ4n) is 2.89. The molecule has 0 unspecified atom stereocenters. The Bertz CT molecular complexity index is 1160. The Morgan fingerprint density at radius 2 is 1.86 bits per heavy atom. The van der Waals surface area contributed by atoms with E-state index in [9.17, 15) is 4.79 Å². The molecule has 2 heterocycles. The normalized spacial score (nSPS) is 11.2. The summed E-state index contributed by atoms with van der Waals surface area (Å²) in [5.74, 6) is -0.232. The van der Waals surface area contributed by atoms with E-state index in [1.165, 1.54) is 6.08 Å². The molecule has 0 aliphatic rings. The lowest BCUT2D eigenvalue weighted by Gasteiger charge is -2.04. The number of para-hydroxylation sites is 1. The zero-order chi connectivity index (χ0) is 19.5. The highest BCUT2D eigenvalue weighted by Crippen LogP contribution is 2.23. The average Bonchev–Trinajstić information content (AvgIpc) is 3.04. The first-order valence-electron chi connectivity index (χ1n) is 8.75. The molecule has 0 saturated heterocycles.